The van der Waals surface area contributed by atoms with Crippen molar-refractivity contribution in [2.75, 3.05) is 18.6 Å². The second kappa shape index (κ2) is 10.1. The van der Waals surface area contributed by atoms with Crippen molar-refractivity contribution in [3.63, 3.8) is 0 Å². The number of halogens is 1. The molecular weight excluding hydrogens is 439 g/mol. The van der Waals surface area contributed by atoms with E-state index in [1.165, 1.54) is 19.2 Å². The molecule has 0 atom stereocenters. The Bertz CT molecular complexity index is 1240. The molecule has 7 nitrogen and oxygen atoms in total. The van der Waals surface area contributed by atoms with E-state index >= 15 is 0 Å². The smallest absolute Gasteiger partial charge is 0.333 e. The van der Waals surface area contributed by atoms with Crippen LogP contribution in [0.5, 0.6) is 17.2 Å². The minimum absolute atomic E-state index is 0.136. The van der Waals surface area contributed by atoms with E-state index in [4.69, 9.17) is 14.2 Å². The van der Waals surface area contributed by atoms with Crippen molar-refractivity contribution in [2.45, 2.75) is 13.5 Å². The monoisotopic (exact) mass is 462 g/mol. The van der Waals surface area contributed by atoms with Crippen molar-refractivity contribution in [2.24, 2.45) is 0 Å². The van der Waals surface area contributed by atoms with Gasteiger partial charge in [-0.05, 0) is 72.7 Å². The lowest BCUT2D eigenvalue weighted by atomic mass is 10.1. The molecule has 3 amide bonds. The van der Waals surface area contributed by atoms with Crippen molar-refractivity contribution < 1.29 is 28.2 Å². The quantitative estimate of drug-likeness (QED) is 0.380. The summed E-state index contributed by atoms with van der Waals surface area (Å²) in [6, 6.07) is 17.4. The van der Waals surface area contributed by atoms with Gasteiger partial charge >= 0.3 is 6.03 Å². The van der Waals surface area contributed by atoms with Gasteiger partial charge < -0.3 is 19.5 Å². The number of anilines is 1. The molecule has 174 valence electrons. The Morgan fingerprint density at radius 3 is 2.47 bits per heavy atom. The molecule has 1 saturated heterocycles. The second-order valence-corrected chi connectivity index (χ2v) is 7.38. The van der Waals surface area contributed by atoms with Crippen LogP contribution in [0.2, 0.25) is 0 Å². The maximum atomic E-state index is 13.4. The zero-order valence-corrected chi connectivity index (χ0v) is 18.7. The zero-order valence-electron chi connectivity index (χ0n) is 18.7. The van der Waals surface area contributed by atoms with Gasteiger partial charge in [-0.25, -0.2) is 14.1 Å². The predicted molar refractivity (Wildman–Crippen MR) is 125 cm³/mol. The zero-order chi connectivity index (χ0) is 24.1. The minimum Gasteiger partial charge on any atom is -0.497 e. The summed E-state index contributed by atoms with van der Waals surface area (Å²) in [4.78, 5) is 26.4. The Hall–Kier alpha value is -4.33. The van der Waals surface area contributed by atoms with E-state index in [9.17, 15) is 14.0 Å². The molecule has 8 heteroatoms. The number of nitrogens with one attached hydrogen (secondary N) is 1. The van der Waals surface area contributed by atoms with Crippen molar-refractivity contribution in [1.82, 2.24) is 5.32 Å². The van der Waals surface area contributed by atoms with Gasteiger partial charge in [0.2, 0.25) is 0 Å². The van der Waals surface area contributed by atoms with Crippen LogP contribution in [0.3, 0.4) is 0 Å². The molecule has 0 spiro atoms. The summed E-state index contributed by atoms with van der Waals surface area (Å²) < 4.78 is 30.0. The Morgan fingerprint density at radius 1 is 0.971 bits per heavy atom. The number of ether oxygens (including phenoxy) is 3. The average molecular weight is 462 g/mol. The van der Waals surface area contributed by atoms with Crippen LogP contribution in [0, 0.1) is 5.82 Å². The van der Waals surface area contributed by atoms with Crippen molar-refractivity contribution in [3.05, 3.63) is 89.4 Å². The number of nitrogens with zero attached hydrogens (tertiary/aromatic N) is 1. The van der Waals surface area contributed by atoms with Crippen LogP contribution in [0.1, 0.15) is 18.1 Å². The molecule has 3 aromatic carbocycles. The number of hydrogen-bond donors (Lipinski definition) is 1. The first-order valence-electron chi connectivity index (χ1n) is 10.6. The number of rotatable bonds is 8. The highest BCUT2D eigenvalue weighted by Gasteiger charge is 2.34. The lowest BCUT2D eigenvalue weighted by Gasteiger charge is -2.13. The molecule has 1 N–H and O–H groups in total. The van der Waals surface area contributed by atoms with Gasteiger partial charge in [0.25, 0.3) is 5.91 Å². The van der Waals surface area contributed by atoms with E-state index in [0.717, 1.165) is 4.90 Å². The fourth-order valence-electron chi connectivity index (χ4n) is 3.46. The Kier molecular flexibility index (Phi) is 6.77. The van der Waals surface area contributed by atoms with Gasteiger partial charge in [-0.2, -0.15) is 0 Å². The number of hydrogen-bond acceptors (Lipinski definition) is 5. The average Bonchev–Trinajstić information content (AvgIpc) is 3.11. The highest BCUT2D eigenvalue weighted by molar-refractivity contribution is 6.28. The number of benzene rings is 3. The number of carbonyl (C=O) groups excluding carboxylic acids is 2. The maximum absolute atomic E-state index is 13.4. The molecule has 0 unspecified atom stereocenters. The van der Waals surface area contributed by atoms with E-state index in [2.05, 4.69) is 5.32 Å². The molecule has 0 aromatic heterocycles. The maximum Gasteiger partial charge on any atom is 0.333 e. The predicted octanol–water partition coefficient (Wildman–Crippen LogP) is 4.91. The fourth-order valence-corrected chi connectivity index (χ4v) is 3.46. The van der Waals surface area contributed by atoms with Gasteiger partial charge in [0.05, 0.1) is 19.4 Å². The van der Waals surface area contributed by atoms with Gasteiger partial charge in [0.15, 0.2) is 11.5 Å². The summed E-state index contributed by atoms with van der Waals surface area (Å²) in [7, 11) is 1.54. The minimum atomic E-state index is -0.540. The second-order valence-electron chi connectivity index (χ2n) is 7.38. The normalized spacial score (nSPS) is 14.3. The Balaban J connectivity index is 1.54. The van der Waals surface area contributed by atoms with Gasteiger partial charge in [0.1, 0.15) is 23.9 Å². The molecule has 0 radical (unpaired) electrons. The Labute approximate surface area is 196 Å². The van der Waals surface area contributed by atoms with Gasteiger partial charge in [-0.15, -0.1) is 0 Å². The molecule has 0 saturated carbocycles. The number of imide groups is 1. The first-order chi connectivity index (χ1) is 16.5. The van der Waals surface area contributed by atoms with Crippen LogP contribution in [0.15, 0.2) is 72.4 Å². The molecule has 34 heavy (non-hydrogen) atoms. The fraction of sp³-hybridized carbons (Fsp3) is 0.154. The van der Waals surface area contributed by atoms with Crippen LogP contribution >= 0.6 is 0 Å². The summed E-state index contributed by atoms with van der Waals surface area (Å²) >= 11 is 0. The van der Waals surface area contributed by atoms with Crippen molar-refractivity contribution in [3.8, 4) is 17.2 Å². The third-order valence-corrected chi connectivity index (χ3v) is 5.07. The SMILES string of the molecule is CCOc1cc(C=C2NC(=O)N(c3ccc(OC)cc3)C2=O)ccc1OCc1cccc(F)c1. The van der Waals surface area contributed by atoms with Gasteiger partial charge in [0, 0.05) is 0 Å². The van der Waals surface area contributed by atoms with E-state index < -0.39 is 11.9 Å². The first kappa shape index (κ1) is 22.8. The largest absolute Gasteiger partial charge is 0.497 e. The van der Waals surface area contributed by atoms with E-state index in [0.29, 0.717) is 40.7 Å². The molecule has 1 aliphatic rings. The van der Waals surface area contributed by atoms with Crippen LogP contribution < -0.4 is 24.4 Å². The number of amides is 3. The van der Waals surface area contributed by atoms with Crippen LogP contribution in [-0.4, -0.2) is 25.7 Å². The molecular formula is C26H23FN2O5. The number of methoxy groups -OCH3 is 1. The van der Waals surface area contributed by atoms with Crippen LogP contribution in [0.25, 0.3) is 6.08 Å². The summed E-state index contributed by atoms with van der Waals surface area (Å²) in [5.74, 6) is 0.765. The first-order valence-corrected chi connectivity index (χ1v) is 10.6. The lowest BCUT2D eigenvalue weighted by Crippen LogP contribution is -2.30. The van der Waals surface area contributed by atoms with Crippen molar-refractivity contribution in [1.29, 1.82) is 0 Å². The number of carbonyl (C=O) groups is 2. The molecule has 3 aromatic rings. The highest BCUT2D eigenvalue weighted by Crippen LogP contribution is 2.31. The standard InChI is InChI=1S/C26H23FN2O5/c1-3-33-24-15-17(7-12-23(24)34-16-18-5-4-6-19(27)13-18)14-22-25(30)29(26(31)28-22)20-8-10-21(32-2)11-9-20/h4-15H,3,16H2,1-2H3,(H,28,31). The summed E-state index contributed by atoms with van der Waals surface area (Å²) in [5.41, 5.74) is 1.90. The summed E-state index contributed by atoms with van der Waals surface area (Å²) in [6.45, 7) is 2.41. The van der Waals surface area contributed by atoms with Gasteiger partial charge in [-0.3, -0.25) is 4.79 Å². The summed E-state index contributed by atoms with van der Waals surface area (Å²) in [6.07, 6.45) is 1.57. The third kappa shape index (κ3) is 5.01. The Morgan fingerprint density at radius 2 is 1.76 bits per heavy atom. The van der Waals surface area contributed by atoms with Crippen LogP contribution in [-0.2, 0) is 11.4 Å². The lowest BCUT2D eigenvalue weighted by molar-refractivity contribution is -0.113. The van der Waals surface area contributed by atoms with Crippen LogP contribution in [0.4, 0.5) is 14.9 Å². The molecule has 1 heterocycles. The van der Waals surface area contributed by atoms with E-state index in [-0.39, 0.29) is 18.1 Å². The van der Waals surface area contributed by atoms with Crippen molar-refractivity contribution >= 4 is 23.7 Å². The third-order valence-electron chi connectivity index (χ3n) is 5.07. The molecule has 0 bridgehead atoms. The van der Waals surface area contributed by atoms with Gasteiger partial charge in [-0.1, -0.05) is 18.2 Å². The summed E-state index contributed by atoms with van der Waals surface area (Å²) in [5, 5.41) is 2.61. The molecule has 0 aliphatic carbocycles. The molecule has 4 rings (SSSR count). The van der Waals surface area contributed by atoms with E-state index in [1.807, 2.05) is 6.92 Å². The number of urea groups is 1. The molecule has 1 fully saturated rings. The van der Waals surface area contributed by atoms with E-state index in [1.54, 1.807) is 60.7 Å². The highest BCUT2D eigenvalue weighted by atomic mass is 19.1. The topological polar surface area (TPSA) is 77.1 Å². The molecule has 1 aliphatic heterocycles.